The predicted octanol–water partition coefficient (Wildman–Crippen LogP) is 3.10. The van der Waals surface area contributed by atoms with Crippen molar-refractivity contribution < 1.29 is 14.3 Å². The van der Waals surface area contributed by atoms with Crippen LogP contribution in [0.25, 0.3) is 0 Å². The average Bonchev–Trinajstić information content (AvgIpc) is 2.84. The molecule has 2 aromatic rings. The lowest BCUT2D eigenvalue weighted by Crippen LogP contribution is -2.50. The molecule has 0 amide bonds. The maximum atomic E-state index is 12.4. The Morgan fingerprint density at radius 2 is 1.41 bits per heavy atom. The van der Waals surface area contributed by atoms with Gasteiger partial charge in [-0.25, -0.2) is 0 Å². The van der Waals surface area contributed by atoms with E-state index in [9.17, 15) is 9.59 Å². The van der Waals surface area contributed by atoms with Gasteiger partial charge >= 0.3 is 11.9 Å². The molecule has 0 spiro atoms. The van der Waals surface area contributed by atoms with Gasteiger partial charge in [0.2, 0.25) is 0 Å². The molecule has 2 bridgehead atoms. The first kappa shape index (κ1) is 12.6. The van der Waals surface area contributed by atoms with Gasteiger partial charge in [0.15, 0.2) is 0 Å². The second-order valence-corrected chi connectivity index (χ2v) is 7.36. The number of rotatable bonds is 0. The highest BCUT2D eigenvalue weighted by atomic mass is 79.9. The number of cyclic esters (lactones) is 2. The Bertz CT molecular complexity index is 809. The lowest BCUT2D eigenvalue weighted by atomic mass is 9.55. The SMILES string of the molecule is O=C1OC(=O)C2C1C1c3ccccc3C2(Br)c2ccccc21. The van der Waals surface area contributed by atoms with Gasteiger partial charge in [-0.2, -0.15) is 0 Å². The van der Waals surface area contributed by atoms with Gasteiger partial charge in [-0.3, -0.25) is 9.59 Å². The van der Waals surface area contributed by atoms with Crippen molar-refractivity contribution in [1.29, 1.82) is 0 Å². The fourth-order valence-electron chi connectivity index (χ4n) is 4.49. The van der Waals surface area contributed by atoms with Gasteiger partial charge in [-0.1, -0.05) is 64.5 Å². The highest BCUT2D eigenvalue weighted by Crippen LogP contribution is 2.65. The minimum atomic E-state index is -0.678. The van der Waals surface area contributed by atoms with Crippen LogP contribution in [-0.2, 0) is 18.7 Å². The summed E-state index contributed by atoms with van der Waals surface area (Å²) in [6.45, 7) is 0. The highest BCUT2D eigenvalue weighted by Gasteiger charge is 2.66. The Morgan fingerprint density at radius 1 is 0.864 bits per heavy atom. The summed E-state index contributed by atoms with van der Waals surface area (Å²) in [5, 5.41) is 0. The molecule has 4 heteroatoms. The molecule has 1 aliphatic heterocycles. The van der Waals surface area contributed by atoms with Crippen LogP contribution in [0, 0.1) is 11.8 Å². The zero-order chi connectivity index (χ0) is 15.1. The summed E-state index contributed by atoms with van der Waals surface area (Å²) in [5.41, 5.74) is 4.38. The lowest BCUT2D eigenvalue weighted by molar-refractivity contribution is -0.153. The van der Waals surface area contributed by atoms with Crippen LogP contribution in [0.3, 0.4) is 0 Å². The molecule has 3 nitrogen and oxygen atoms in total. The topological polar surface area (TPSA) is 43.4 Å². The summed E-state index contributed by atoms with van der Waals surface area (Å²) in [5.74, 6) is -1.84. The van der Waals surface area contributed by atoms with E-state index in [1.54, 1.807) is 0 Å². The third-order valence-electron chi connectivity index (χ3n) is 5.25. The number of halogens is 1. The molecule has 6 rings (SSSR count). The molecule has 2 atom stereocenters. The van der Waals surface area contributed by atoms with Crippen LogP contribution in [0.1, 0.15) is 28.2 Å². The van der Waals surface area contributed by atoms with E-state index in [0.29, 0.717) is 0 Å². The molecule has 108 valence electrons. The third kappa shape index (κ3) is 1.20. The number of hydrogen-bond acceptors (Lipinski definition) is 3. The molecule has 0 aromatic heterocycles. The first-order valence-corrected chi connectivity index (χ1v) is 8.06. The van der Waals surface area contributed by atoms with Crippen LogP contribution in [0.4, 0.5) is 0 Å². The second-order valence-electron chi connectivity index (χ2n) is 6.11. The normalized spacial score (nSPS) is 34.0. The summed E-state index contributed by atoms with van der Waals surface area (Å²) in [6, 6.07) is 16.1. The van der Waals surface area contributed by atoms with Crippen molar-refractivity contribution >= 4 is 27.9 Å². The Hall–Kier alpha value is -1.94. The Balaban J connectivity index is 1.94. The summed E-state index contributed by atoms with van der Waals surface area (Å²) in [7, 11) is 0. The first-order chi connectivity index (χ1) is 10.6. The molecule has 1 saturated heterocycles. The van der Waals surface area contributed by atoms with Gasteiger partial charge in [0, 0.05) is 5.92 Å². The maximum Gasteiger partial charge on any atom is 0.319 e. The van der Waals surface area contributed by atoms with Crippen molar-refractivity contribution in [3.05, 3.63) is 70.8 Å². The smallest absolute Gasteiger partial charge is 0.319 e. The van der Waals surface area contributed by atoms with E-state index in [-0.39, 0.29) is 5.92 Å². The average molecular weight is 355 g/mol. The second kappa shape index (κ2) is 3.87. The fourth-order valence-corrected chi connectivity index (χ4v) is 5.68. The van der Waals surface area contributed by atoms with Crippen LogP contribution in [0.5, 0.6) is 0 Å². The van der Waals surface area contributed by atoms with Crippen molar-refractivity contribution in [1.82, 2.24) is 0 Å². The van der Waals surface area contributed by atoms with E-state index in [4.69, 9.17) is 4.74 Å². The summed E-state index contributed by atoms with van der Waals surface area (Å²) >= 11 is 3.85. The highest BCUT2D eigenvalue weighted by molar-refractivity contribution is 9.09. The number of esters is 2. The van der Waals surface area contributed by atoms with Gasteiger partial charge in [0.25, 0.3) is 0 Å². The van der Waals surface area contributed by atoms with E-state index in [2.05, 4.69) is 28.1 Å². The van der Waals surface area contributed by atoms with Crippen LogP contribution in [0.15, 0.2) is 48.5 Å². The molecule has 1 heterocycles. The number of carbonyl (C=O) groups is 2. The van der Waals surface area contributed by atoms with Crippen LogP contribution >= 0.6 is 15.9 Å². The van der Waals surface area contributed by atoms with Crippen LogP contribution in [0.2, 0.25) is 0 Å². The van der Waals surface area contributed by atoms with Gasteiger partial charge < -0.3 is 4.74 Å². The van der Waals surface area contributed by atoms with E-state index >= 15 is 0 Å². The number of ether oxygens (including phenoxy) is 1. The molecular weight excluding hydrogens is 344 g/mol. The molecular formula is C18H11BrO3. The molecule has 2 unspecified atom stereocenters. The van der Waals surface area contributed by atoms with Crippen molar-refractivity contribution in [3.63, 3.8) is 0 Å². The Morgan fingerprint density at radius 3 is 2.00 bits per heavy atom. The minimum absolute atomic E-state index is 0.101. The zero-order valence-electron chi connectivity index (χ0n) is 11.5. The van der Waals surface area contributed by atoms with Gasteiger partial charge in [0.05, 0.1) is 16.2 Å². The molecule has 0 saturated carbocycles. The van der Waals surface area contributed by atoms with Gasteiger partial charge in [0.1, 0.15) is 0 Å². The lowest BCUT2D eigenvalue weighted by Gasteiger charge is -2.50. The van der Waals surface area contributed by atoms with Gasteiger partial charge in [-0.05, 0) is 22.3 Å². The summed E-state index contributed by atoms with van der Waals surface area (Å²) < 4.78 is 4.33. The van der Waals surface area contributed by atoms with Crippen LogP contribution < -0.4 is 0 Å². The van der Waals surface area contributed by atoms with Crippen molar-refractivity contribution in [2.45, 2.75) is 10.2 Å². The predicted molar refractivity (Wildman–Crippen MR) is 82.5 cm³/mol. The van der Waals surface area contributed by atoms with E-state index in [1.807, 2.05) is 36.4 Å². The molecule has 0 N–H and O–H groups in total. The third-order valence-corrected chi connectivity index (χ3v) is 6.60. The number of benzene rings is 2. The van der Waals surface area contributed by atoms with Crippen molar-refractivity contribution in [3.8, 4) is 0 Å². The number of alkyl halides is 1. The molecule has 1 fully saturated rings. The van der Waals surface area contributed by atoms with Gasteiger partial charge in [-0.15, -0.1) is 0 Å². The molecule has 2 aromatic carbocycles. The fraction of sp³-hybridized carbons (Fsp3) is 0.222. The summed E-state index contributed by atoms with van der Waals surface area (Å²) in [4.78, 5) is 24.7. The molecule has 3 aliphatic carbocycles. The Kier molecular flexibility index (Phi) is 2.22. The largest absolute Gasteiger partial charge is 0.393 e. The number of carbonyl (C=O) groups excluding carboxylic acids is 2. The first-order valence-electron chi connectivity index (χ1n) is 7.27. The van der Waals surface area contributed by atoms with E-state index in [0.717, 1.165) is 22.3 Å². The minimum Gasteiger partial charge on any atom is -0.393 e. The molecule has 22 heavy (non-hydrogen) atoms. The standard InChI is InChI=1S/C18H11BrO3/c19-18-11-7-3-1-5-9(11)13(10-6-2-4-8-12(10)18)14-15(18)17(21)22-16(14)20/h1-8,13-15H. The molecule has 0 radical (unpaired) electrons. The quantitative estimate of drug-likeness (QED) is 0.414. The zero-order valence-corrected chi connectivity index (χ0v) is 13.0. The van der Waals surface area contributed by atoms with E-state index < -0.39 is 28.1 Å². The number of hydrogen-bond donors (Lipinski definition) is 0. The Labute approximate surface area is 135 Å². The van der Waals surface area contributed by atoms with Crippen molar-refractivity contribution in [2.24, 2.45) is 11.8 Å². The monoisotopic (exact) mass is 354 g/mol. The van der Waals surface area contributed by atoms with Crippen LogP contribution in [-0.4, -0.2) is 11.9 Å². The molecule has 4 aliphatic rings. The van der Waals surface area contributed by atoms with E-state index in [1.165, 1.54) is 0 Å². The summed E-state index contributed by atoms with van der Waals surface area (Å²) in [6.07, 6.45) is 0. The maximum absolute atomic E-state index is 12.4. The van der Waals surface area contributed by atoms with Crippen molar-refractivity contribution in [2.75, 3.05) is 0 Å².